The summed E-state index contributed by atoms with van der Waals surface area (Å²) in [7, 11) is 0. The Morgan fingerprint density at radius 1 is 1.03 bits per heavy atom. The molecule has 1 atom stereocenters. The molecule has 0 fully saturated rings. The summed E-state index contributed by atoms with van der Waals surface area (Å²) in [6.07, 6.45) is 16.6. The van der Waals surface area contributed by atoms with Crippen LogP contribution in [0.3, 0.4) is 0 Å². The second kappa shape index (κ2) is 34.3. The first kappa shape index (κ1) is 38.0. The van der Waals surface area contributed by atoms with Crippen molar-refractivity contribution in [3.8, 4) is 0 Å². The molecule has 2 nitrogen and oxygen atoms in total. The fraction of sp³-hybridized carbons (Fsp3) is 0.679. The third kappa shape index (κ3) is 26.7. The summed E-state index contributed by atoms with van der Waals surface area (Å²) in [6, 6.07) is 0. The lowest BCUT2D eigenvalue weighted by Gasteiger charge is -2.18. The zero-order chi connectivity index (χ0) is 25.6. The van der Waals surface area contributed by atoms with E-state index in [0.29, 0.717) is 11.8 Å². The monoisotopic (exact) mass is 470 g/mol. The molecule has 1 aliphatic heterocycles. The van der Waals surface area contributed by atoms with Crippen LogP contribution in [0.25, 0.3) is 0 Å². The Kier molecular flexibility index (Phi) is 40.8. The normalized spacial score (nSPS) is 15.2. The van der Waals surface area contributed by atoms with Gasteiger partial charge in [0.2, 0.25) is 0 Å². The lowest BCUT2D eigenvalue weighted by Crippen LogP contribution is -2.23. The van der Waals surface area contributed by atoms with Crippen molar-refractivity contribution >= 4 is 18.0 Å². The van der Waals surface area contributed by atoms with Crippen LogP contribution in [-0.4, -0.2) is 11.6 Å². The number of halogens is 1. The summed E-state index contributed by atoms with van der Waals surface area (Å²) in [4.78, 5) is 0. The zero-order valence-corrected chi connectivity index (χ0v) is 23.6. The number of nitrogens with one attached hydrogen (secondary N) is 2. The first-order valence-electron chi connectivity index (χ1n) is 12.8. The van der Waals surface area contributed by atoms with Crippen LogP contribution < -0.4 is 5.32 Å². The quantitative estimate of drug-likeness (QED) is 0.220. The lowest BCUT2D eigenvalue weighted by atomic mass is 10.0. The van der Waals surface area contributed by atoms with Crippen molar-refractivity contribution in [2.24, 2.45) is 0 Å². The Hall–Kier alpha value is -1.29. The van der Waals surface area contributed by atoms with Crippen LogP contribution in [0.1, 0.15) is 120 Å². The summed E-state index contributed by atoms with van der Waals surface area (Å²) in [5, 5.41) is 12.4. The van der Waals surface area contributed by atoms with Crippen LogP contribution >= 0.6 is 11.8 Å². The van der Waals surface area contributed by atoms with E-state index in [9.17, 15) is 4.39 Å². The second-order valence-corrected chi connectivity index (χ2v) is 7.62. The summed E-state index contributed by atoms with van der Waals surface area (Å²) in [5.41, 5.74) is 2.67. The van der Waals surface area contributed by atoms with Gasteiger partial charge in [0.25, 0.3) is 0 Å². The number of hydrogen-bond donors (Lipinski definition) is 2. The third-order valence-corrected chi connectivity index (χ3v) is 5.00. The Balaban J connectivity index is -0.000000217. The molecule has 0 saturated carbocycles. The van der Waals surface area contributed by atoms with E-state index in [1.807, 2.05) is 59.4 Å². The van der Waals surface area contributed by atoms with Crippen molar-refractivity contribution < 1.29 is 4.39 Å². The molecule has 0 aromatic rings. The Bertz CT molecular complexity index is 480. The molecule has 4 heteroatoms. The molecule has 2 rings (SSSR count). The molecule has 1 aliphatic carbocycles. The lowest BCUT2D eigenvalue weighted by molar-refractivity contribution is 0.574. The molecule has 2 aliphatic rings. The number of unbranched alkanes of at least 4 members (excludes halogenated alkanes) is 3. The van der Waals surface area contributed by atoms with Crippen molar-refractivity contribution in [3.05, 3.63) is 47.3 Å². The van der Waals surface area contributed by atoms with Gasteiger partial charge in [0.15, 0.2) is 0 Å². The molecule has 190 valence electrons. The molecular weight excluding hydrogens is 415 g/mol. The van der Waals surface area contributed by atoms with E-state index in [-0.39, 0.29) is 5.83 Å². The highest BCUT2D eigenvalue weighted by Crippen LogP contribution is 2.33. The fourth-order valence-electron chi connectivity index (χ4n) is 2.11. The van der Waals surface area contributed by atoms with Gasteiger partial charge in [0, 0.05) is 12.1 Å². The van der Waals surface area contributed by atoms with Crippen LogP contribution in [0.2, 0.25) is 0 Å². The van der Waals surface area contributed by atoms with Gasteiger partial charge < -0.3 is 10.7 Å². The zero-order valence-electron chi connectivity index (χ0n) is 22.8. The minimum Gasteiger partial charge on any atom is -0.372 e. The minimum atomic E-state index is 0.00729. The Labute approximate surface area is 205 Å². The average Bonchev–Trinajstić information content (AvgIpc) is 3.32. The third-order valence-electron chi connectivity index (χ3n) is 3.88. The van der Waals surface area contributed by atoms with Gasteiger partial charge in [-0.2, -0.15) is 0 Å². The molecule has 0 aromatic heterocycles. The predicted octanol–water partition coefficient (Wildman–Crippen LogP) is 10.7. The van der Waals surface area contributed by atoms with Gasteiger partial charge in [-0.05, 0) is 55.9 Å². The summed E-state index contributed by atoms with van der Waals surface area (Å²) in [6.45, 7) is 21.8. The predicted molar refractivity (Wildman–Crippen MR) is 151 cm³/mol. The SMILES string of the molecule is C=CC.CC.CC.CCC=N.CCCC.CCCCCC1=CSC(C2=CC=C(F)CC2)N1. The highest BCUT2D eigenvalue weighted by atomic mass is 32.2. The van der Waals surface area contributed by atoms with E-state index in [4.69, 9.17) is 5.41 Å². The molecule has 0 amide bonds. The van der Waals surface area contributed by atoms with Gasteiger partial charge in [0.1, 0.15) is 5.83 Å². The van der Waals surface area contributed by atoms with Crippen LogP contribution in [0, 0.1) is 5.41 Å². The van der Waals surface area contributed by atoms with E-state index >= 15 is 0 Å². The molecule has 0 radical (unpaired) electrons. The fourth-order valence-corrected chi connectivity index (χ4v) is 3.19. The van der Waals surface area contributed by atoms with Crippen LogP contribution in [0.5, 0.6) is 0 Å². The summed E-state index contributed by atoms with van der Waals surface area (Å²) in [5.74, 6) is 0.00729. The van der Waals surface area contributed by atoms with E-state index in [2.05, 4.69) is 38.1 Å². The molecule has 1 heterocycles. The molecule has 1 unspecified atom stereocenters. The largest absolute Gasteiger partial charge is 0.372 e. The number of hydrogen-bond acceptors (Lipinski definition) is 3. The van der Waals surface area contributed by atoms with Gasteiger partial charge in [0.05, 0.1) is 5.37 Å². The van der Waals surface area contributed by atoms with E-state index in [1.165, 1.54) is 49.6 Å². The average molecular weight is 471 g/mol. The standard InChI is InChI=1S/C14H20FNS.C4H10.C3H7N.C3H6.2C2H6/c1-2-3-4-5-13-10-17-14(16-13)11-6-8-12(15)9-7-11;1-3-4-2;1-2-3-4;1-3-2;2*1-2/h6,8,10,14,16H,2-5,7,9H2,1H3;3-4H2,1-2H3;3-4H,2H2,1H3;3H,1H2,2H3;2*1-2H3. The van der Waals surface area contributed by atoms with E-state index in [1.54, 1.807) is 12.2 Å². The van der Waals surface area contributed by atoms with Gasteiger partial charge in [-0.25, -0.2) is 4.39 Å². The van der Waals surface area contributed by atoms with Crippen molar-refractivity contribution in [2.75, 3.05) is 0 Å². The Morgan fingerprint density at radius 2 is 1.56 bits per heavy atom. The maximum absolute atomic E-state index is 12.9. The topological polar surface area (TPSA) is 35.9 Å². The molecule has 0 saturated heterocycles. The van der Waals surface area contributed by atoms with E-state index in [0.717, 1.165) is 19.3 Å². The minimum absolute atomic E-state index is 0.00729. The van der Waals surface area contributed by atoms with Gasteiger partial charge in [-0.15, -0.1) is 18.3 Å². The number of allylic oxidation sites excluding steroid dienone is 5. The molecule has 32 heavy (non-hydrogen) atoms. The van der Waals surface area contributed by atoms with Crippen molar-refractivity contribution in [1.29, 1.82) is 5.41 Å². The van der Waals surface area contributed by atoms with Crippen molar-refractivity contribution in [3.63, 3.8) is 0 Å². The maximum atomic E-state index is 12.9. The van der Waals surface area contributed by atoms with Crippen molar-refractivity contribution in [1.82, 2.24) is 5.32 Å². The van der Waals surface area contributed by atoms with Crippen LogP contribution in [0.15, 0.2) is 47.3 Å². The first-order chi connectivity index (χ1) is 15.5. The van der Waals surface area contributed by atoms with Crippen LogP contribution in [0.4, 0.5) is 4.39 Å². The Morgan fingerprint density at radius 3 is 1.94 bits per heavy atom. The van der Waals surface area contributed by atoms with Gasteiger partial charge in [-0.3, -0.25) is 0 Å². The molecule has 0 spiro atoms. The maximum Gasteiger partial charge on any atom is 0.100 e. The van der Waals surface area contributed by atoms with Gasteiger partial charge >= 0.3 is 0 Å². The molecule has 0 aromatic carbocycles. The summed E-state index contributed by atoms with van der Waals surface area (Å²) < 4.78 is 12.9. The summed E-state index contributed by atoms with van der Waals surface area (Å²) >= 11 is 1.82. The van der Waals surface area contributed by atoms with Gasteiger partial charge in [-0.1, -0.05) is 93.2 Å². The highest BCUT2D eigenvalue weighted by molar-refractivity contribution is 8.03. The smallest absolute Gasteiger partial charge is 0.100 e. The number of thioether (sulfide) groups is 1. The van der Waals surface area contributed by atoms with Crippen molar-refractivity contribution in [2.45, 2.75) is 125 Å². The first-order valence-corrected chi connectivity index (χ1v) is 13.7. The molecule has 0 bridgehead atoms. The number of rotatable bonds is 7. The van der Waals surface area contributed by atoms with E-state index < -0.39 is 0 Å². The second-order valence-electron chi connectivity index (χ2n) is 6.64. The molecule has 2 N–H and O–H groups in total. The molecular formula is C28H55FN2S. The van der Waals surface area contributed by atoms with Crippen LogP contribution in [-0.2, 0) is 0 Å². The highest BCUT2D eigenvalue weighted by Gasteiger charge is 2.21.